The van der Waals surface area contributed by atoms with E-state index in [2.05, 4.69) is 44.7 Å². The summed E-state index contributed by atoms with van der Waals surface area (Å²) in [5.41, 5.74) is 6.32. The summed E-state index contributed by atoms with van der Waals surface area (Å²) in [5.74, 6) is 0. The summed E-state index contributed by atoms with van der Waals surface area (Å²) in [6, 6.07) is 4.88. The largest absolute Gasteiger partial charge is 0.377 e. The van der Waals surface area contributed by atoms with E-state index >= 15 is 0 Å². The molecule has 0 aliphatic carbocycles. The van der Waals surface area contributed by atoms with E-state index in [0.29, 0.717) is 18.7 Å². The van der Waals surface area contributed by atoms with Gasteiger partial charge in [-0.3, -0.25) is 4.90 Å². The lowest BCUT2D eigenvalue weighted by molar-refractivity contribution is -0.00615. The predicted molar refractivity (Wildman–Crippen MR) is 91.0 cm³/mol. The highest BCUT2D eigenvalue weighted by molar-refractivity contribution is 7.12. The van der Waals surface area contributed by atoms with Gasteiger partial charge < -0.3 is 10.5 Å². The summed E-state index contributed by atoms with van der Waals surface area (Å²) < 4.78 is 5.82. The zero-order valence-corrected chi connectivity index (χ0v) is 14.7. The first-order valence-electron chi connectivity index (χ1n) is 8.11. The maximum atomic E-state index is 6.10. The zero-order chi connectivity index (χ0) is 15.5. The molecule has 0 spiro atoms. The Labute approximate surface area is 133 Å². The van der Waals surface area contributed by atoms with Crippen molar-refractivity contribution < 1.29 is 4.74 Å². The first kappa shape index (κ1) is 16.9. The summed E-state index contributed by atoms with van der Waals surface area (Å²) in [6.45, 7) is 12.5. The fourth-order valence-corrected chi connectivity index (χ4v) is 4.21. The van der Waals surface area contributed by atoms with Crippen LogP contribution in [0.5, 0.6) is 0 Å². The molecule has 4 heteroatoms. The van der Waals surface area contributed by atoms with E-state index in [0.717, 1.165) is 19.7 Å². The van der Waals surface area contributed by atoms with Crippen LogP contribution in [0.1, 0.15) is 56.3 Å². The van der Waals surface area contributed by atoms with Crippen LogP contribution in [-0.4, -0.2) is 37.2 Å². The molecular weight excluding hydrogens is 280 g/mol. The van der Waals surface area contributed by atoms with Gasteiger partial charge in [0, 0.05) is 29.5 Å². The summed E-state index contributed by atoms with van der Waals surface area (Å²) in [4.78, 5) is 5.36. The predicted octanol–water partition coefficient (Wildman–Crippen LogP) is 3.55. The quantitative estimate of drug-likeness (QED) is 0.904. The molecule has 1 aliphatic rings. The number of nitrogens with two attached hydrogens (primary N) is 1. The lowest BCUT2D eigenvalue weighted by Crippen LogP contribution is -2.43. The molecule has 0 amide bonds. The van der Waals surface area contributed by atoms with E-state index in [1.807, 2.05) is 11.3 Å². The van der Waals surface area contributed by atoms with Crippen molar-refractivity contribution in [3.05, 3.63) is 21.9 Å². The molecule has 3 nitrogen and oxygen atoms in total. The number of ether oxygens (including phenoxy) is 1. The molecule has 1 saturated heterocycles. The molecule has 0 saturated carbocycles. The van der Waals surface area contributed by atoms with Crippen molar-refractivity contribution in [2.45, 2.75) is 58.1 Å². The number of thiophene rings is 1. The maximum absolute atomic E-state index is 6.10. The molecule has 2 N–H and O–H groups in total. The summed E-state index contributed by atoms with van der Waals surface area (Å²) in [6.07, 6.45) is 2.76. The second kappa shape index (κ2) is 7.23. The number of nitrogens with zero attached hydrogens (tertiary/aromatic N) is 1. The van der Waals surface area contributed by atoms with Gasteiger partial charge in [0.2, 0.25) is 0 Å². The van der Waals surface area contributed by atoms with Gasteiger partial charge in [0.15, 0.2) is 0 Å². The molecule has 21 heavy (non-hydrogen) atoms. The van der Waals surface area contributed by atoms with Crippen molar-refractivity contribution in [2.75, 3.05) is 26.2 Å². The van der Waals surface area contributed by atoms with Crippen LogP contribution >= 0.6 is 11.3 Å². The van der Waals surface area contributed by atoms with Gasteiger partial charge in [0.25, 0.3) is 0 Å². The SMILES string of the molecule is CCOC1CCCN(C(CN)c2ccc(C(C)(C)C)s2)C1. The lowest BCUT2D eigenvalue weighted by Gasteiger charge is -2.37. The first-order chi connectivity index (χ1) is 9.95. The van der Waals surface area contributed by atoms with Crippen molar-refractivity contribution in [3.63, 3.8) is 0 Å². The summed E-state index contributed by atoms with van der Waals surface area (Å²) in [7, 11) is 0. The van der Waals surface area contributed by atoms with E-state index in [9.17, 15) is 0 Å². The normalized spacial score (nSPS) is 22.4. The number of rotatable bonds is 5. The molecule has 1 aromatic heterocycles. The minimum atomic E-state index is 0.220. The highest BCUT2D eigenvalue weighted by Crippen LogP contribution is 2.35. The summed E-state index contributed by atoms with van der Waals surface area (Å²) in [5, 5.41) is 0. The molecule has 0 radical (unpaired) electrons. The van der Waals surface area contributed by atoms with E-state index < -0.39 is 0 Å². The topological polar surface area (TPSA) is 38.5 Å². The van der Waals surface area contributed by atoms with E-state index in [1.165, 1.54) is 22.6 Å². The smallest absolute Gasteiger partial charge is 0.0702 e. The van der Waals surface area contributed by atoms with Gasteiger partial charge in [-0.25, -0.2) is 0 Å². The number of piperidine rings is 1. The Morgan fingerprint density at radius 2 is 2.19 bits per heavy atom. The molecule has 2 rings (SSSR count). The molecule has 120 valence electrons. The van der Waals surface area contributed by atoms with Crippen LogP contribution in [0.3, 0.4) is 0 Å². The Kier molecular flexibility index (Phi) is 5.83. The van der Waals surface area contributed by atoms with E-state index in [1.54, 1.807) is 0 Å². The molecule has 2 atom stereocenters. The van der Waals surface area contributed by atoms with Crippen LogP contribution in [0.15, 0.2) is 12.1 Å². The molecule has 0 bridgehead atoms. The van der Waals surface area contributed by atoms with Gasteiger partial charge >= 0.3 is 0 Å². The Bertz CT molecular complexity index is 436. The highest BCUT2D eigenvalue weighted by atomic mass is 32.1. The maximum Gasteiger partial charge on any atom is 0.0702 e. The van der Waals surface area contributed by atoms with Crippen LogP contribution in [0.4, 0.5) is 0 Å². The third kappa shape index (κ3) is 4.28. The van der Waals surface area contributed by atoms with Crippen molar-refractivity contribution in [1.82, 2.24) is 4.90 Å². The van der Waals surface area contributed by atoms with Crippen LogP contribution in [0.2, 0.25) is 0 Å². The first-order valence-corrected chi connectivity index (χ1v) is 8.93. The molecule has 1 aliphatic heterocycles. The van der Waals surface area contributed by atoms with Crippen LogP contribution in [0.25, 0.3) is 0 Å². The average Bonchev–Trinajstić information content (AvgIpc) is 2.90. The van der Waals surface area contributed by atoms with Crippen LogP contribution in [-0.2, 0) is 10.2 Å². The third-order valence-corrected chi connectivity index (χ3v) is 5.78. The van der Waals surface area contributed by atoms with Crippen LogP contribution in [0, 0.1) is 0 Å². The minimum Gasteiger partial charge on any atom is -0.377 e. The Balaban J connectivity index is 2.10. The Hall–Kier alpha value is -0.420. The van der Waals surface area contributed by atoms with Crippen molar-refractivity contribution in [3.8, 4) is 0 Å². The number of likely N-dealkylation sites (tertiary alicyclic amines) is 1. The monoisotopic (exact) mass is 310 g/mol. The minimum absolute atomic E-state index is 0.220. The van der Waals surface area contributed by atoms with Gasteiger partial charge in [0.05, 0.1) is 12.1 Å². The molecule has 2 heterocycles. The highest BCUT2D eigenvalue weighted by Gasteiger charge is 2.28. The molecule has 1 fully saturated rings. The van der Waals surface area contributed by atoms with Gasteiger partial charge in [-0.1, -0.05) is 20.8 Å². The Morgan fingerprint density at radius 1 is 1.43 bits per heavy atom. The zero-order valence-electron chi connectivity index (χ0n) is 13.9. The number of hydrogen-bond donors (Lipinski definition) is 1. The second-order valence-electron chi connectivity index (χ2n) is 6.92. The lowest BCUT2D eigenvalue weighted by atomic mass is 9.95. The molecule has 0 aromatic carbocycles. The average molecular weight is 311 g/mol. The third-order valence-electron chi connectivity index (χ3n) is 4.17. The van der Waals surface area contributed by atoms with Gasteiger partial charge in [-0.15, -0.1) is 11.3 Å². The van der Waals surface area contributed by atoms with Gasteiger partial charge in [0.1, 0.15) is 0 Å². The van der Waals surface area contributed by atoms with Gasteiger partial charge in [-0.05, 0) is 43.9 Å². The number of hydrogen-bond acceptors (Lipinski definition) is 4. The van der Waals surface area contributed by atoms with Crippen molar-refractivity contribution in [2.24, 2.45) is 5.73 Å². The molecule has 1 aromatic rings. The molecule has 2 unspecified atom stereocenters. The summed E-state index contributed by atoms with van der Waals surface area (Å²) >= 11 is 1.92. The van der Waals surface area contributed by atoms with Crippen LogP contribution < -0.4 is 5.73 Å². The van der Waals surface area contributed by atoms with E-state index in [4.69, 9.17) is 10.5 Å². The van der Waals surface area contributed by atoms with Crippen molar-refractivity contribution >= 4 is 11.3 Å². The fraction of sp³-hybridized carbons (Fsp3) is 0.765. The second-order valence-corrected chi connectivity index (χ2v) is 8.03. The Morgan fingerprint density at radius 3 is 2.76 bits per heavy atom. The fourth-order valence-electron chi connectivity index (χ4n) is 3.00. The van der Waals surface area contributed by atoms with Gasteiger partial charge in [-0.2, -0.15) is 0 Å². The standard InChI is InChI=1S/C17H30N2OS/c1-5-20-13-7-6-10-19(12-13)14(11-18)15-8-9-16(21-15)17(2,3)4/h8-9,13-14H,5-7,10-12,18H2,1-4H3. The van der Waals surface area contributed by atoms with Crippen molar-refractivity contribution in [1.29, 1.82) is 0 Å². The molecular formula is C17H30N2OS. The van der Waals surface area contributed by atoms with E-state index in [-0.39, 0.29) is 5.41 Å².